The molecule has 2 amide bonds. The van der Waals surface area contributed by atoms with Crippen LogP contribution in [0, 0.1) is 5.92 Å². The summed E-state index contributed by atoms with van der Waals surface area (Å²) in [5.74, 6) is 0.179. The Balaban J connectivity index is 1.22. The molecule has 0 bridgehead atoms. The Kier molecular flexibility index (Phi) is 5.48. The maximum atomic E-state index is 12.8. The zero-order chi connectivity index (χ0) is 22.2. The van der Waals surface area contributed by atoms with Gasteiger partial charge in [0.2, 0.25) is 11.8 Å². The predicted molar refractivity (Wildman–Crippen MR) is 127 cm³/mol. The summed E-state index contributed by atoms with van der Waals surface area (Å²) in [6.07, 6.45) is 2.86. The first-order valence-electron chi connectivity index (χ1n) is 10.3. The van der Waals surface area contributed by atoms with Gasteiger partial charge < -0.3 is 19.9 Å². The number of rotatable bonds is 6. The summed E-state index contributed by atoms with van der Waals surface area (Å²) in [4.78, 5) is 34.8. The van der Waals surface area contributed by atoms with Crippen molar-refractivity contribution in [3.8, 4) is 5.75 Å². The molecule has 2 N–H and O–H groups in total. The standard InChI is InChI=1S/C23H21ClN4O3S/c1-31-16-3-5-19-20(10-16)32-23(26-19)27-22(30)14-8-21(29)28(12-14)7-6-13-11-25-18-4-2-15(24)9-17(13)18/h2-5,9-11,14,25H,6-8,12H2,1H3,(H,26,27,30). The van der Waals surface area contributed by atoms with Crippen LogP contribution in [0.2, 0.25) is 5.02 Å². The number of aromatic nitrogens is 2. The molecule has 1 fully saturated rings. The van der Waals surface area contributed by atoms with Crippen molar-refractivity contribution in [2.24, 2.45) is 5.92 Å². The highest BCUT2D eigenvalue weighted by Crippen LogP contribution is 2.30. The lowest BCUT2D eigenvalue weighted by molar-refractivity contribution is -0.128. The molecule has 2 aromatic heterocycles. The Morgan fingerprint density at radius 3 is 3.06 bits per heavy atom. The number of methoxy groups -OCH3 is 1. The van der Waals surface area contributed by atoms with Gasteiger partial charge in [0, 0.05) is 41.6 Å². The van der Waals surface area contributed by atoms with Crippen molar-refractivity contribution >= 4 is 61.0 Å². The molecule has 1 saturated heterocycles. The number of nitrogens with one attached hydrogen (secondary N) is 2. The minimum Gasteiger partial charge on any atom is -0.497 e. The molecule has 0 spiro atoms. The fourth-order valence-electron chi connectivity index (χ4n) is 4.07. The first kappa shape index (κ1) is 20.8. The van der Waals surface area contributed by atoms with E-state index in [9.17, 15) is 9.59 Å². The number of carbonyl (C=O) groups is 2. The number of hydrogen-bond acceptors (Lipinski definition) is 5. The number of carbonyl (C=O) groups excluding carboxylic acids is 2. The summed E-state index contributed by atoms with van der Waals surface area (Å²) in [6.45, 7) is 0.968. The number of hydrogen-bond donors (Lipinski definition) is 2. The lowest BCUT2D eigenvalue weighted by Gasteiger charge is -2.16. The highest BCUT2D eigenvalue weighted by atomic mass is 35.5. The fraction of sp³-hybridized carbons (Fsp3) is 0.261. The fourth-order valence-corrected chi connectivity index (χ4v) is 5.14. The van der Waals surface area contributed by atoms with Crippen LogP contribution >= 0.6 is 22.9 Å². The monoisotopic (exact) mass is 468 g/mol. The number of H-pyrrole nitrogens is 1. The molecule has 4 aromatic rings. The van der Waals surface area contributed by atoms with E-state index in [0.29, 0.717) is 29.7 Å². The van der Waals surface area contributed by atoms with E-state index in [1.807, 2.05) is 42.6 Å². The van der Waals surface area contributed by atoms with Gasteiger partial charge in [0.25, 0.3) is 0 Å². The first-order chi connectivity index (χ1) is 15.5. The normalized spacial score (nSPS) is 16.2. The molecule has 1 aliphatic rings. The number of ether oxygens (including phenoxy) is 1. The van der Waals surface area contributed by atoms with Gasteiger partial charge in [-0.05, 0) is 48.4 Å². The summed E-state index contributed by atoms with van der Waals surface area (Å²) < 4.78 is 6.17. The van der Waals surface area contributed by atoms with Gasteiger partial charge in [-0.25, -0.2) is 4.98 Å². The Bertz CT molecular complexity index is 1330. The van der Waals surface area contributed by atoms with Crippen molar-refractivity contribution in [1.82, 2.24) is 14.9 Å². The largest absolute Gasteiger partial charge is 0.497 e. The molecule has 2 aromatic carbocycles. The molecule has 9 heteroatoms. The van der Waals surface area contributed by atoms with Gasteiger partial charge in [0.05, 0.1) is 23.2 Å². The Morgan fingerprint density at radius 2 is 2.22 bits per heavy atom. The number of nitrogens with zero attached hydrogens (tertiary/aromatic N) is 2. The maximum absolute atomic E-state index is 12.8. The van der Waals surface area contributed by atoms with E-state index in [1.54, 1.807) is 12.0 Å². The molecule has 32 heavy (non-hydrogen) atoms. The van der Waals surface area contributed by atoms with Crippen molar-refractivity contribution < 1.29 is 14.3 Å². The topological polar surface area (TPSA) is 87.3 Å². The predicted octanol–water partition coefficient (Wildman–Crippen LogP) is 4.47. The minimum atomic E-state index is -0.388. The van der Waals surface area contributed by atoms with Crippen LogP contribution in [0.3, 0.4) is 0 Å². The highest BCUT2D eigenvalue weighted by Gasteiger charge is 2.34. The Hall–Kier alpha value is -3.10. The van der Waals surface area contributed by atoms with E-state index in [1.165, 1.54) is 11.3 Å². The number of halogens is 1. The van der Waals surface area contributed by atoms with Crippen molar-refractivity contribution in [3.63, 3.8) is 0 Å². The van der Waals surface area contributed by atoms with Gasteiger partial charge in [0.15, 0.2) is 5.13 Å². The number of thiazole rings is 1. The second kappa shape index (κ2) is 8.44. The zero-order valence-corrected chi connectivity index (χ0v) is 18.9. The molecule has 7 nitrogen and oxygen atoms in total. The number of fused-ring (bicyclic) bond motifs is 2. The summed E-state index contributed by atoms with van der Waals surface area (Å²) in [6, 6.07) is 11.3. The van der Waals surface area contributed by atoms with E-state index in [4.69, 9.17) is 16.3 Å². The van der Waals surface area contributed by atoms with E-state index in [-0.39, 0.29) is 24.2 Å². The van der Waals surface area contributed by atoms with Crippen LogP contribution in [0.25, 0.3) is 21.1 Å². The van der Waals surface area contributed by atoms with Crippen LogP contribution in [0.4, 0.5) is 5.13 Å². The number of benzene rings is 2. The van der Waals surface area contributed by atoms with Gasteiger partial charge in [0.1, 0.15) is 5.75 Å². The molecule has 1 unspecified atom stereocenters. The molecule has 0 saturated carbocycles. The minimum absolute atomic E-state index is 0.00272. The molecule has 5 rings (SSSR count). The van der Waals surface area contributed by atoms with Gasteiger partial charge in [-0.1, -0.05) is 22.9 Å². The summed E-state index contributed by atoms with van der Waals surface area (Å²) in [7, 11) is 1.61. The third-order valence-corrected chi connectivity index (χ3v) is 6.96. The summed E-state index contributed by atoms with van der Waals surface area (Å²) in [5, 5.41) is 5.15. The molecular weight excluding hydrogens is 448 g/mol. The second-order valence-electron chi connectivity index (χ2n) is 7.84. The van der Waals surface area contributed by atoms with Crippen molar-refractivity contribution in [2.75, 3.05) is 25.5 Å². The molecule has 3 heterocycles. The first-order valence-corrected chi connectivity index (χ1v) is 11.5. The van der Waals surface area contributed by atoms with E-state index in [0.717, 1.165) is 32.4 Å². The van der Waals surface area contributed by atoms with E-state index < -0.39 is 0 Å². The van der Waals surface area contributed by atoms with Crippen molar-refractivity contribution in [1.29, 1.82) is 0 Å². The Labute approximate surface area is 193 Å². The number of likely N-dealkylation sites (tertiary alicyclic amines) is 1. The highest BCUT2D eigenvalue weighted by molar-refractivity contribution is 7.22. The van der Waals surface area contributed by atoms with Crippen molar-refractivity contribution in [2.45, 2.75) is 12.8 Å². The third kappa shape index (κ3) is 4.03. The van der Waals surface area contributed by atoms with Gasteiger partial charge >= 0.3 is 0 Å². The molecule has 0 aliphatic carbocycles. The van der Waals surface area contributed by atoms with Gasteiger partial charge in [-0.15, -0.1) is 0 Å². The average Bonchev–Trinajstić information content (AvgIpc) is 3.47. The molecule has 164 valence electrons. The van der Waals surface area contributed by atoms with Crippen LogP contribution < -0.4 is 10.1 Å². The SMILES string of the molecule is COc1ccc2nc(NC(=O)C3CC(=O)N(CCc4c[nH]c5ccc(Cl)cc45)C3)sc2c1. The van der Waals surface area contributed by atoms with Crippen LogP contribution in [-0.4, -0.2) is 46.9 Å². The maximum Gasteiger partial charge on any atom is 0.231 e. The third-order valence-electron chi connectivity index (χ3n) is 5.79. The average molecular weight is 469 g/mol. The van der Waals surface area contributed by atoms with Gasteiger partial charge in [-0.3, -0.25) is 9.59 Å². The summed E-state index contributed by atoms with van der Waals surface area (Å²) >= 11 is 7.52. The van der Waals surface area contributed by atoms with Crippen LogP contribution in [0.5, 0.6) is 5.75 Å². The van der Waals surface area contributed by atoms with Crippen molar-refractivity contribution in [3.05, 3.63) is 53.2 Å². The number of anilines is 1. The van der Waals surface area contributed by atoms with Gasteiger partial charge in [-0.2, -0.15) is 0 Å². The van der Waals surface area contributed by atoms with Crippen LogP contribution in [-0.2, 0) is 16.0 Å². The zero-order valence-electron chi connectivity index (χ0n) is 17.4. The lowest BCUT2D eigenvalue weighted by atomic mass is 10.1. The Morgan fingerprint density at radius 1 is 1.34 bits per heavy atom. The van der Waals surface area contributed by atoms with Crippen LogP contribution in [0.15, 0.2) is 42.6 Å². The number of amides is 2. The van der Waals surface area contributed by atoms with Crippen LogP contribution in [0.1, 0.15) is 12.0 Å². The quantitative estimate of drug-likeness (QED) is 0.437. The molecule has 1 atom stereocenters. The van der Waals surface area contributed by atoms with E-state index in [2.05, 4.69) is 15.3 Å². The van der Waals surface area contributed by atoms with E-state index >= 15 is 0 Å². The summed E-state index contributed by atoms with van der Waals surface area (Å²) in [5.41, 5.74) is 2.92. The molecular formula is C23H21ClN4O3S. The molecule has 0 radical (unpaired) electrons. The number of aromatic amines is 1. The second-order valence-corrected chi connectivity index (χ2v) is 9.30. The molecule has 1 aliphatic heterocycles. The lowest BCUT2D eigenvalue weighted by Crippen LogP contribution is -2.29. The smallest absolute Gasteiger partial charge is 0.231 e.